The number of carbonyl (C=O) groups is 1. The summed E-state index contributed by atoms with van der Waals surface area (Å²) in [5.74, 6) is -0.697. The largest absolute Gasteiger partial charge is 0.462 e. The van der Waals surface area contributed by atoms with E-state index in [1.807, 2.05) is 0 Å². The van der Waals surface area contributed by atoms with Crippen LogP contribution in [0.15, 0.2) is 28.6 Å². The van der Waals surface area contributed by atoms with Crippen molar-refractivity contribution >= 4 is 17.3 Å². The fourth-order valence-electron chi connectivity index (χ4n) is 1.03. The van der Waals surface area contributed by atoms with Crippen molar-refractivity contribution in [3.8, 4) is 0 Å². The van der Waals surface area contributed by atoms with Gasteiger partial charge in [0.1, 0.15) is 11.4 Å². The molecule has 0 saturated carbocycles. The van der Waals surface area contributed by atoms with Gasteiger partial charge < -0.3 is 4.74 Å². The van der Waals surface area contributed by atoms with Gasteiger partial charge in [0, 0.05) is 0 Å². The molecule has 0 aliphatic rings. The molecule has 0 radical (unpaired) electrons. The lowest BCUT2D eigenvalue weighted by molar-refractivity contribution is 0.0527. The molecular formula is C9H8N2O4. The molecule has 0 amide bonds. The SMILES string of the molecule is CCOC(=O)c1cc(N=O)ccc1N=O. The van der Waals surface area contributed by atoms with E-state index in [0.717, 1.165) is 0 Å². The number of hydrogen-bond acceptors (Lipinski definition) is 6. The second-order valence-electron chi connectivity index (χ2n) is 2.60. The van der Waals surface area contributed by atoms with Gasteiger partial charge in [-0.2, -0.15) is 0 Å². The van der Waals surface area contributed by atoms with E-state index in [0.29, 0.717) is 0 Å². The van der Waals surface area contributed by atoms with Gasteiger partial charge in [-0.3, -0.25) is 0 Å². The summed E-state index contributed by atoms with van der Waals surface area (Å²) in [6, 6.07) is 3.71. The smallest absolute Gasteiger partial charge is 0.340 e. The fourth-order valence-corrected chi connectivity index (χ4v) is 1.03. The molecule has 0 aromatic heterocycles. The standard InChI is InChI=1S/C9H8N2O4/c1-2-15-9(12)7-5-6(10-13)3-4-8(7)11-14/h3-5H,2H2,1H3. The molecule has 15 heavy (non-hydrogen) atoms. The maximum atomic E-state index is 11.3. The van der Waals surface area contributed by atoms with Crippen LogP contribution in [0.5, 0.6) is 0 Å². The molecule has 6 heteroatoms. The molecule has 0 aliphatic heterocycles. The number of carbonyl (C=O) groups excluding carboxylic acids is 1. The van der Waals surface area contributed by atoms with E-state index < -0.39 is 5.97 Å². The van der Waals surface area contributed by atoms with Crippen molar-refractivity contribution in [1.82, 2.24) is 0 Å². The van der Waals surface area contributed by atoms with Crippen molar-refractivity contribution in [3.63, 3.8) is 0 Å². The van der Waals surface area contributed by atoms with Crippen LogP contribution in [0.25, 0.3) is 0 Å². The summed E-state index contributed by atoms with van der Waals surface area (Å²) in [7, 11) is 0. The highest BCUT2D eigenvalue weighted by Crippen LogP contribution is 2.25. The van der Waals surface area contributed by atoms with E-state index in [1.54, 1.807) is 6.92 Å². The van der Waals surface area contributed by atoms with Gasteiger partial charge in [0.25, 0.3) is 0 Å². The van der Waals surface area contributed by atoms with Crippen LogP contribution in [0.4, 0.5) is 11.4 Å². The van der Waals surface area contributed by atoms with Gasteiger partial charge in [0.05, 0.1) is 12.2 Å². The molecule has 0 saturated heterocycles. The molecule has 0 N–H and O–H groups in total. The van der Waals surface area contributed by atoms with Gasteiger partial charge >= 0.3 is 5.97 Å². The lowest BCUT2D eigenvalue weighted by Crippen LogP contribution is -2.04. The Balaban J connectivity index is 3.16. The average Bonchev–Trinajstić information content (AvgIpc) is 2.28. The number of ether oxygens (including phenoxy) is 1. The summed E-state index contributed by atoms with van der Waals surface area (Å²) in [6.07, 6.45) is 0. The predicted molar refractivity (Wildman–Crippen MR) is 53.3 cm³/mol. The van der Waals surface area contributed by atoms with E-state index >= 15 is 0 Å². The summed E-state index contributed by atoms with van der Waals surface area (Å²) in [5, 5.41) is 5.30. The second-order valence-corrected chi connectivity index (χ2v) is 2.60. The van der Waals surface area contributed by atoms with Crippen LogP contribution in [0.1, 0.15) is 17.3 Å². The summed E-state index contributed by atoms with van der Waals surface area (Å²) >= 11 is 0. The molecule has 0 fully saturated rings. The Morgan fingerprint density at radius 2 is 2.07 bits per heavy atom. The van der Waals surface area contributed by atoms with Gasteiger partial charge in [0.15, 0.2) is 0 Å². The van der Waals surface area contributed by atoms with E-state index in [2.05, 4.69) is 15.1 Å². The molecule has 6 nitrogen and oxygen atoms in total. The first kappa shape index (κ1) is 11.0. The highest BCUT2D eigenvalue weighted by atomic mass is 16.5. The minimum atomic E-state index is -0.697. The first-order valence-electron chi connectivity index (χ1n) is 4.20. The van der Waals surface area contributed by atoms with Crippen LogP contribution < -0.4 is 0 Å². The maximum Gasteiger partial charge on any atom is 0.340 e. The van der Waals surface area contributed by atoms with Crippen molar-refractivity contribution in [2.45, 2.75) is 6.92 Å². The molecule has 0 aliphatic carbocycles. The zero-order chi connectivity index (χ0) is 11.3. The first-order chi connectivity index (χ1) is 7.22. The molecule has 78 valence electrons. The summed E-state index contributed by atoms with van der Waals surface area (Å²) in [4.78, 5) is 31.9. The number of nitroso groups, excluding NO2 is 2. The first-order valence-corrected chi connectivity index (χ1v) is 4.20. The van der Waals surface area contributed by atoms with Gasteiger partial charge in [-0.15, -0.1) is 9.81 Å². The highest BCUT2D eigenvalue weighted by Gasteiger charge is 2.14. The average molecular weight is 208 g/mol. The van der Waals surface area contributed by atoms with Gasteiger partial charge in [-0.1, -0.05) is 0 Å². The maximum absolute atomic E-state index is 11.3. The Kier molecular flexibility index (Phi) is 3.61. The molecule has 0 heterocycles. The van der Waals surface area contributed by atoms with Crippen LogP contribution in [-0.2, 0) is 4.74 Å². The van der Waals surface area contributed by atoms with Crippen molar-refractivity contribution in [2.75, 3.05) is 6.61 Å². The lowest BCUT2D eigenvalue weighted by Gasteiger charge is -2.03. The highest BCUT2D eigenvalue weighted by molar-refractivity contribution is 5.95. The van der Waals surface area contributed by atoms with Crippen LogP contribution in [0.3, 0.4) is 0 Å². The number of esters is 1. The van der Waals surface area contributed by atoms with Crippen molar-refractivity contribution in [2.24, 2.45) is 10.4 Å². The minimum Gasteiger partial charge on any atom is -0.462 e. The van der Waals surface area contributed by atoms with Crippen LogP contribution in [0.2, 0.25) is 0 Å². The van der Waals surface area contributed by atoms with Crippen molar-refractivity contribution in [1.29, 1.82) is 0 Å². The van der Waals surface area contributed by atoms with E-state index in [-0.39, 0.29) is 23.5 Å². The summed E-state index contributed by atoms with van der Waals surface area (Å²) in [6.45, 7) is 1.81. The van der Waals surface area contributed by atoms with Gasteiger partial charge in [0.2, 0.25) is 0 Å². The number of hydrogen-bond donors (Lipinski definition) is 0. The quantitative estimate of drug-likeness (QED) is 0.562. The Bertz CT molecular complexity index is 403. The monoisotopic (exact) mass is 208 g/mol. The van der Waals surface area contributed by atoms with Crippen LogP contribution >= 0.6 is 0 Å². The second kappa shape index (κ2) is 4.94. The molecule has 0 atom stereocenters. The van der Waals surface area contributed by atoms with E-state index in [4.69, 9.17) is 0 Å². The molecular weight excluding hydrogens is 200 g/mol. The van der Waals surface area contributed by atoms with Gasteiger partial charge in [-0.05, 0) is 35.5 Å². The molecule has 1 aromatic rings. The van der Waals surface area contributed by atoms with E-state index in [9.17, 15) is 14.6 Å². The summed E-state index contributed by atoms with van der Waals surface area (Å²) in [5.41, 5.74) is -0.0738. The number of nitrogens with zero attached hydrogens (tertiary/aromatic N) is 2. The van der Waals surface area contributed by atoms with Crippen LogP contribution in [-0.4, -0.2) is 12.6 Å². The van der Waals surface area contributed by atoms with Gasteiger partial charge in [-0.25, -0.2) is 4.79 Å². The third-order valence-corrected chi connectivity index (χ3v) is 1.68. The number of rotatable bonds is 4. The molecule has 1 rings (SSSR count). The Morgan fingerprint density at radius 1 is 1.33 bits per heavy atom. The fraction of sp³-hybridized carbons (Fsp3) is 0.222. The predicted octanol–water partition coefficient (Wildman–Crippen LogP) is 2.66. The zero-order valence-electron chi connectivity index (χ0n) is 7.97. The molecule has 0 unspecified atom stereocenters. The molecule has 1 aromatic carbocycles. The van der Waals surface area contributed by atoms with Crippen LogP contribution in [0, 0.1) is 9.81 Å². The van der Waals surface area contributed by atoms with Crippen molar-refractivity contribution < 1.29 is 9.53 Å². The minimum absolute atomic E-state index is 0.0467. The zero-order valence-corrected chi connectivity index (χ0v) is 7.97. The normalized spacial score (nSPS) is 9.40. The summed E-state index contributed by atoms with van der Waals surface area (Å²) < 4.78 is 4.69. The lowest BCUT2D eigenvalue weighted by atomic mass is 10.1. The van der Waals surface area contributed by atoms with Crippen molar-refractivity contribution in [3.05, 3.63) is 33.6 Å². The van der Waals surface area contributed by atoms with E-state index in [1.165, 1.54) is 18.2 Å². The Hall–Kier alpha value is -2.11. The Morgan fingerprint density at radius 3 is 2.60 bits per heavy atom. The Labute approximate surface area is 85.2 Å². The third kappa shape index (κ3) is 2.43. The molecule has 0 bridgehead atoms. The number of benzene rings is 1. The third-order valence-electron chi connectivity index (χ3n) is 1.68. The topological polar surface area (TPSA) is 85.2 Å². The molecule has 0 spiro atoms.